The van der Waals surface area contributed by atoms with E-state index in [1.165, 1.54) is 4.90 Å². The zero-order chi connectivity index (χ0) is 20.5. The molecule has 0 unspecified atom stereocenters. The van der Waals surface area contributed by atoms with Crippen LogP contribution < -0.4 is 0 Å². The zero-order valence-corrected chi connectivity index (χ0v) is 17.9. The van der Waals surface area contributed by atoms with Crippen molar-refractivity contribution in [3.63, 3.8) is 0 Å². The number of allylic oxidation sites excluding steroid dienone is 2. The van der Waals surface area contributed by atoms with Gasteiger partial charge in [-0.1, -0.05) is 42.5 Å². The van der Waals surface area contributed by atoms with E-state index in [1.54, 1.807) is 16.8 Å². The Balaban J connectivity index is 1.78. The zero-order valence-electron chi connectivity index (χ0n) is 17.1. The first-order chi connectivity index (χ1) is 14.0. The van der Waals surface area contributed by atoms with Gasteiger partial charge in [0.05, 0.1) is 0 Å². The number of thioether (sulfide) groups is 1. The fraction of sp³-hybridized carbons (Fsp3) is 0.333. The van der Waals surface area contributed by atoms with Gasteiger partial charge in [-0.05, 0) is 41.9 Å². The normalized spacial score (nSPS) is 22.3. The van der Waals surface area contributed by atoms with Crippen LogP contribution in [0.4, 0.5) is 0 Å². The number of carbonyl (C=O) groups excluding carboxylic acids is 2. The van der Waals surface area contributed by atoms with E-state index >= 15 is 0 Å². The summed E-state index contributed by atoms with van der Waals surface area (Å²) in [5.41, 5.74) is 3.90. The van der Waals surface area contributed by atoms with Gasteiger partial charge in [0.25, 0.3) is 0 Å². The number of hydrogen-bond acceptors (Lipinski definition) is 4. The van der Waals surface area contributed by atoms with Gasteiger partial charge >= 0.3 is 0 Å². The molecular weight excluding hydrogens is 380 g/mol. The predicted octanol–water partition coefficient (Wildman–Crippen LogP) is 4.60. The van der Waals surface area contributed by atoms with Crippen molar-refractivity contribution in [2.75, 3.05) is 20.4 Å². The second-order valence-electron chi connectivity index (χ2n) is 7.88. The highest BCUT2D eigenvalue weighted by Crippen LogP contribution is 2.45. The fourth-order valence-corrected chi connectivity index (χ4v) is 4.97. The van der Waals surface area contributed by atoms with Crippen LogP contribution in [0.15, 0.2) is 70.8 Å². The van der Waals surface area contributed by atoms with Gasteiger partial charge in [-0.15, -0.1) is 11.8 Å². The van der Waals surface area contributed by atoms with Crippen LogP contribution in [-0.2, 0) is 9.59 Å². The molecule has 2 aliphatic rings. The van der Waals surface area contributed by atoms with Gasteiger partial charge in [-0.25, -0.2) is 10.0 Å². The number of benzene rings is 2. The van der Waals surface area contributed by atoms with Crippen molar-refractivity contribution in [2.24, 2.45) is 0 Å². The summed E-state index contributed by atoms with van der Waals surface area (Å²) in [7, 11) is 3.74. The number of ketones is 1. The third-order valence-electron chi connectivity index (χ3n) is 5.89. The molecule has 2 atom stereocenters. The first-order valence-corrected chi connectivity index (χ1v) is 11.2. The Labute approximate surface area is 176 Å². The summed E-state index contributed by atoms with van der Waals surface area (Å²) < 4.78 is 0. The maximum Gasteiger partial charge on any atom is 0.242 e. The van der Waals surface area contributed by atoms with E-state index in [0.29, 0.717) is 19.3 Å². The van der Waals surface area contributed by atoms with Gasteiger partial charge in [0.2, 0.25) is 5.91 Å². The highest BCUT2D eigenvalue weighted by molar-refractivity contribution is 7.98. The molecule has 1 amide bonds. The summed E-state index contributed by atoms with van der Waals surface area (Å²) in [6.45, 7) is 0. The summed E-state index contributed by atoms with van der Waals surface area (Å²) in [5.74, 6) is 0.164. The Morgan fingerprint density at radius 2 is 1.59 bits per heavy atom. The van der Waals surface area contributed by atoms with Gasteiger partial charge in [-0.2, -0.15) is 0 Å². The van der Waals surface area contributed by atoms with Crippen molar-refractivity contribution in [2.45, 2.75) is 36.0 Å². The van der Waals surface area contributed by atoms with Crippen molar-refractivity contribution in [3.8, 4) is 0 Å². The first-order valence-electron chi connectivity index (χ1n) is 9.95. The van der Waals surface area contributed by atoms with Crippen LogP contribution in [0.2, 0.25) is 0 Å². The minimum Gasteiger partial charge on any atom is -0.294 e. The second kappa shape index (κ2) is 8.17. The lowest BCUT2D eigenvalue weighted by Gasteiger charge is -2.42. The monoisotopic (exact) mass is 406 g/mol. The molecule has 0 aromatic heterocycles. The third-order valence-corrected chi connectivity index (χ3v) is 6.63. The maximum absolute atomic E-state index is 13.4. The molecule has 5 heteroatoms. The molecule has 2 aromatic rings. The molecule has 0 fully saturated rings. The summed E-state index contributed by atoms with van der Waals surface area (Å²) >= 11 is 1.69. The van der Waals surface area contributed by atoms with Crippen molar-refractivity contribution < 1.29 is 9.59 Å². The Morgan fingerprint density at radius 3 is 2.21 bits per heavy atom. The molecule has 150 valence electrons. The smallest absolute Gasteiger partial charge is 0.242 e. The van der Waals surface area contributed by atoms with Crippen molar-refractivity contribution >= 4 is 23.5 Å². The van der Waals surface area contributed by atoms with Crippen molar-refractivity contribution in [1.82, 2.24) is 10.0 Å². The van der Waals surface area contributed by atoms with E-state index in [0.717, 1.165) is 22.4 Å². The van der Waals surface area contributed by atoms with Gasteiger partial charge in [0.1, 0.15) is 0 Å². The summed E-state index contributed by atoms with van der Waals surface area (Å²) in [6, 6.07) is 18.4. The molecule has 4 nitrogen and oxygen atoms in total. The topological polar surface area (TPSA) is 40.6 Å². The molecular formula is C24H26N2O2S. The minimum absolute atomic E-state index is 0.0502. The van der Waals surface area contributed by atoms with Crippen LogP contribution in [0.3, 0.4) is 0 Å². The van der Waals surface area contributed by atoms with Crippen LogP contribution in [0, 0.1) is 0 Å². The average molecular weight is 407 g/mol. The lowest BCUT2D eigenvalue weighted by Crippen LogP contribution is -2.47. The largest absolute Gasteiger partial charge is 0.294 e. The second-order valence-corrected chi connectivity index (χ2v) is 8.76. The van der Waals surface area contributed by atoms with Crippen LogP contribution >= 0.6 is 11.8 Å². The molecule has 2 aromatic carbocycles. The fourth-order valence-electron chi connectivity index (χ4n) is 4.57. The molecule has 4 rings (SSSR count). The average Bonchev–Trinajstić information content (AvgIpc) is 2.73. The van der Waals surface area contributed by atoms with Crippen LogP contribution in [0.5, 0.6) is 0 Å². The SMILES string of the molecule is CSc1ccc([C@H]2CC(=O)N(N(C)C)C3=C2C(=O)C[C@H](c2ccccc2)C3)cc1. The molecule has 0 saturated heterocycles. The summed E-state index contributed by atoms with van der Waals surface area (Å²) in [5, 5.41) is 3.53. The molecule has 1 aliphatic heterocycles. The summed E-state index contributed by atoms with van der Waals surface area (Å²) in [6.07, 6.45) is 3.58. The van der Waals surface area contributed by atoms with Crippen LogP contribution in [-0.4, -0.2) is 42.1 Å². The van der Waals surface area contributed by atoms with Crippen molar-refractivity contribution in [1.29, 1.82) is 0 Å². The number of Topliss-reactive ketones (excluding diaryl/α,β-unsaturated/α-hetero) is 1. The third kappa shape index (κ3) is 3.77. The number of hydrogen-bond donors (Lipinski definition) is 0. The molecule has 1 heterocycles. The Bertz CT molecular complexity index is 951. The molecule has 29 heavy (non-hydrogen) atoms. The van der Waals surface area contributed by atoms with E-state index < -0.39 is 0 Å². The van der Waals surface area contributed by atoms with Gasteiger partial charge in [0.15, 0.2) is 5.78 Å². The number of carbonyl (C=O) groups is 2. The Hall–Kier alpha value is -2.37. The number of nitrogens with zero attached hydrogens (tertiary/aromatic N) is 2. The van der Waals surface area contributed by atoms with E-state index in [9.17, 15) is 9.59 Å². The van der Waals surface area contributed by atoms with Gasteiger partial charge < -0.3 is 0 Å². The number of amides is 1. The van der Waals surface area contributed by atoms with Crippen LogP contribution in [0.25, 0.3) is 0 Å². The van der Waals surface area contributed by atoms with Gasteiger partial charge in [-0.3, -0.25) is 9.59 Å². The summed E-state index contributed by atoms with van der Waals surface area (Å²) in [4.78, 5) is 27.6. The minimum atomic E-state index is -0.158. The van der Waals surface area contributed by atoms with E-state index in [2.05, 4.69) is 36.4 Å². The molecule has 0 radical (unpaired) electrons. The lowest BCUT2D eigenvalue weighted by molar-refractivity contribution is -0.143. The number of hydrazine groups is 1. The number of rotatable bonds is 4. The molecule has 0 saturated carbocycles. The van der Waals surface area contributed by atoms with E-state index in [-0.39, 0.29) is 23.5 Å². The lowest BCUT2D eigenvalue weighted by atomic mass is 9.73. The maximum atomic E-state index is 13.4. The molecule has 1 aliphatic carbocycles. The van der Waals surface area contributed by atoms with E-state index in [1.807, 2.05) is 43.6 Å². The highest BCUT2D eigenvalue weighted by Gasteiger charge is 2.42. The van der Waals surface area contributed by atoms with Gasteiger partial charge in [0, 0.05) is 49.0 Å². The Kier molecular flexibility index (Phi) is 5.61. The van der Waals surface area contributed by atoms with Crippen molar-refractivity contribution in [3.05, 3.63) is 77.0 Å². The predicted molar refractivity (Wildman–Crippen MR) is 117 cm³/mol. The highest BCUT2D eigenvalue weighted by atomic mass is 32.2. The molecule has 0 spiro atoms. The van der Waals surface area contributed by atoms with Crippen LogP contribution in [0.1, 0.15) is 42.2 Å². The Morgan fingerprint density at radius 1 is 0.897 bits per heavy atom. The van der Waals surface area contributed by atoms with E-state index in [4.69, 9.17) is 0 Å². The molecule has 0 bridgehead atoms. The quantitative estimate of drug-likeness (QED) is 0.696. The molecule has 0 N–H and O–H groups in total. The standard InChI is InChI=1S/C24H26N2O2S/c1-25(2)26-21-13-18(16-7-5-4-6-8-16)14-22(27)24(21)20(15-23(26)28)17-9-11-19(29-3)12-10-17/h4-12,18,20H,13-15H2,1-3H3/t18-,20-/m1/s1. The first kappa shape index (κ1) is 19.9.